The van der Waals surface area contributed by atoms with Crippen LogP contribution < -0.4 is 0 Å². The lowest BCUT2D eigenvalue weighted by Crippen LogP contribution is -2.42. The van der Waals surface area contributed by atoms with E-state index in [4.69, 9.17) is 0 Å². The number of imidazole rings is 1. The van der Waals surface area contributed by atoms with Crippen LogP contribution in [0.5, 0.6) is 0 Å². The van der Waals surface area contributed by atoms with Gasteiger partial charge < -0.3 is 9.88 Å². The summed E-state index contributed by atoms with van der Waals surface area (Å²) in [5.74, 6) is -0.0674. The van der Waals surface area contributed by atoms with Crippen LogP contribution in [-0.4, -0.2) is 39.6 Å². The summed E-state index contributed by atoms with van der Waals surface area (Å²) in [5.41, 5.74) is 3.97. The Labute approximate surface area is 157 Å². The van der Waals surface area contributed by atoms with E-state index in [-0.39, 0.29) is 17.6 Å². The van der Waals surface area contributed by atoms with Gasteiger partial charge in [-0.05, 0) is 47.6 Å². The second-order valence-corrected chi connectivity index (χ2v) is 7.53. The first-order chi connectivity index (χ1) is 13.2. The Hall–Kier alpha value is -2.95. The molecule has 5 rings (SSSR count). The van der Waals surface area contributed by atoms with Gasteiger partial charge in [-0.2, -0.15) is 0 Å². The lowest BCUT2D eigenvalue weighted by molar-refractivity contribution is 0.0633. The van der Waals surface area contributed by atoms with Crippen LogP contribution in [0.3, 0.4) is 0 Å². The Morgan fingerprint density at radius 3 is 2.78 bits per heavy atom. The predicted octanol–water partition coefficient (Wildman–Crippen LogP) is 3.40. The first-order valence-electron chi connectivity index (χ1n) is 9.58. The van der Waals surface area contributed by atoms with Crippen molar-refractivity contribution in [2.24, 2.45) is 5.92 Å². The number of piperidine rings is 1. The highest BCUT2D eigenvalue weighted by Gasteiger charge is 2.31. The number of Topliss-reactive ketones (excluding diaryl/α,β-unsaturated/α-hetero) is 1. The van der Waals surface area contributed by atoms with Crippen molar-refractivity contribution in [1.82, 2.24) is 14.9 Å². The molecular formula is C22H21N3O2. The van der Waals surface area contributed by atoms with Crippen molar-refractivity contribution in [3.05, 3.63) is 65.2 Å². The molecular weight excluding hydrogens is 338 g/mol. The zero-order chi connectivity index (χ0) is 18.4. The highest BCUT2D eigenvalue weighted by atomic mass is 16.2. The topological polar surface area (TPSA) is 66.1 Å². The Morgan fingerprint density at radius 1 is 1.11 bits per heavy atom. The normalized spacial score (nSPS) is 18.8. The van der Waals surface area contributed by atoms with Gasteiger partial charge in [-0.1, -0.05) is 30.3 Å². The largest absolute Gasteiger partial charge is 0.341 e. The van der Waals surface area contributed by atoms with E-state index < -0.39 is 0 Å². The van der Waals surface area contributed by atoms with Gasteiger partial charge >= 0.3 is 0 Å². The number of aryl methyl sites for hydroxylation is 2. The van der Waals surface area contributed by atoms with Crippen molar-refractivity contribution in [2.45, 2.75) is 25.7 Å². The second-order valence-electron chi connectivity index (χ2n) is 7.53. The fourth-order valence-electron chi connectivity index (χ4n) is 4.60. The minimum Gasteiger partial charge on any atom is -0.341 e. The molecule has 1 fully saturated rings. The van der Waals surface area contributed by atoms with Gasteiger partial charge in [-0.15, -0.1) is 0 Å². The molecule has 1 aliphatic heterocycles. The number of amides is 1. The van der Waals surface area contributed by atoms with Crippen LogP contribution in [0.1, 0.15) is 44.8 Å². The Morgan fingerprint density at radius 2 is 1.96 bits per heavy atom. The van der Waals surface area contributed by atoms with E-state index in [9.17, 15) is 9.59 Å². The van der Waals surface area contributed by atoms with Crippen LogP contribution in [0.2, 0.25) is 0 Å². The summed E-state index contributed by atoms with van der Waals surface area (Å²) in [6.07, 6.45) is 6.83. The molecule has 2 aliphatic rings. The second kappa shape index (κ2) is 6.34. The molecule has 1 aliphatic carbocycles. The Bertz CT molecular complexity index is 1030. The van der Waals surface area contributed by atoms with Crippen molar-refractivity contribution in [3.63, 3.8) is 0 Å². The van der Waals surface area contributed by atoms with Gasteiger partial charge in [0.2, 0.25) is 0 Å². The number of ketones is 1. The molecule has 0 bridgehead atoms. The van der Waals surface area contributed by atoms with Crippen molar-refractivity contribution in [2.75, 3.05) is 13.1 Å². The van der Waals surface area contributed by atoms with E-state index >= 15 is 0 Å². The van der Waals surface area contributed by atoms with Gasteiger partial charge in [0.05, 0.1) is 12.5 Å². The van der Waals surface area contributed by atoms with Crippen LogP contribution in [0.15, 0.2) is 42.9 Å². The number of carbonyl (C=O) groups excluding carboxylic acids is 2. The number of benzene rings is 2. The zero-order valence-electron chi connectivity index (χ0n) is 15.1. The lowest BCUT2D eigenvalue weighted by atomic mass is 9.87. The molecule has 1 amide bonds. The molecule has 3 aromatic rings. The third-order valence-electron chi connectivity index (χ3n) is 5.95. The van der Waals surface area contributed by atoms with Gasteiger partial charge in [-0.3, -0.25) is 9.59 Å². The van der Waals surface area contributed by atoms with Crippen LogP contribution in [0, 0.1) is 5.92 Å². The summed E-state index contributed by atoms with van der Waals surface area (Å²) in [7, 11) is 0. The number of nitrogens with zero attached hydrogens (tertiary/aromatic N) is 2. The number of aromatic amines is 1. The molecule has 1 atom stereocenters. The third kappa shape index (κ3) is 2.65. The van der Waals surface area contributed by atoms with Gasteiger partial charge in [0.1, 0.15) is 5.69 Å². The van der Waals surface area contributed by atoms with Gasteiger partial charge in [0, 0.05) is 24.6 Å². The highest BCUT2D eigenvalue weighted by molar-refractivity contribution is 6.11. The molecule has 1 aromatic heterocycles. The molecule has 5 heteroatoms. The first-order valence-corrected chi connectivity index (χ1v) is 9.58. The van der Waals surface area contributed by atoms with E-state index in [0.717, 1.165) is 36.6 Å². The van der Waals surface area contributed by atoms with E-state index in [2.05, 4.69) is 34.2 Å². The molecule has 0 unspecified atom stereocenters. The summed E-state index contributed by atoms with van der Waals surface area (Å²) < 4.78 is 0. The van der Waals surface area contributed by atoms with Crippen molar-refractivity contribution in [1.29, 1.82) is 0 Å². The molecule has 5 nitrogen and oxygen atoms in total. The third-order valence-corrected chi connectivity index (χ3v) is 5.95. The van der Waals surface area contributed by atoms with Crippen LogP contribution in [-0.2, 0) is 12.8 Å². The van der Waals surface area contributed by atoms with Gasteiger partial charge in [0.25, 0.3) is 5.91 Å². The van der Waals surface area contributed by atoms with Gasteiger partial charge in [-0.25, -0.2) is 4.98 Å². The number of rotatable bonds is 3. The zero-order valence-corrected chi connectivity index (χ0v) is 15.1. The molecule has 27 heavy (non-hydrogen) atoms. The molecule has 136 valence electrons. The molecule has 0 spiro atoms. The number of hydrogen-bond acceptors (Lipinski definition) is 3. The number of aromatic nitrogens is 2. The van der Waals surface area contributed by atoms with E-state index in [1.54, 1.807) is 4.90 Å². The van der Waals surface area contributed by atoms with Gasteiger partial charge in [0.15, 0.2) is 5.78 Å². The highest BCUT2D eigenvalue weighted by Crippen LogP contribution is 2.34. The Balaban J connectivity index is 1.45. The van der Waals surface area contributed by atoms with Crippen LogP contribution in [0.25, 0.3) is 10.8 Å². The van der Waals surface area contributed by atoms with Crippen molar-refractivity contribution >= 4 is 22.5 Å². The Kier molecular flexibility index (Phi) is 3.81. The summed E-state index contributed by atoms with van der Waals surface area (Å²) in [5, 5.41) is 2.34. The minimum absolute atomic E-state index is 0.0783. The minimum atomic E-state index is -0.149. The van der Waals surface area contributed by atoms with E-state index in [0.29, 0.717) is 18.8 Å². The van der Waals surface area contributed by atoms with Crippen molar-refractivity contribution < 1.29 is 9.59 Å². The van der Waals surface area contributed by atoms with Crippen LogP contribution >= 0.6 is 0 Å². The molecule has 0 saturated carbocycles. The quantitative estimate of drug-likeness (QED) is 0.729. The fraction of sp³-hybridized carbons (Fsp3) is 0.318. The smallest absolute Gasteiger partial charge is 0.271 e. The average Bonchev–Trinajstić information content (AvgIpc) is 3.39. The number of H-pyrrole nitrogens is 1. The molecule has 0 radical (unpaired) electrons. The first kappa shape index (κ1) is 16.2. The average molecular weight is 359 g/mol. The summed E-state index contributed by atoms with van der Waals surface area (Å²) in [4.78, 5) is 34.5. The maximum atomic E-state index is 13.4. The molecule has 1 N–H and O–H groups in total. The molecule has 2 aromatic carbocycles. The van der Waals surface area contributed by atoms with Crippen molar-refractivity contribution in [3.8, 4) is 0 Å². The summed E-state index contributed by atoms with van der Waals surface area (Å²) in [6.45, 7) is 1.16. The molecule has 1 saturated heterocycles. The summed E-state index contributed by atoms with van der Waals surface area (Å²) >= 11 is 0. The van der Waals surface area contributed by atoms with E-state index in [1.807, 2.05) is 6.07 Å². The lowest BCUT2D eigenvalue weighted by Gasteiger charge is -2.32. The number of carbonyl (C=O) groups is 2. The predicted molar refractivity (Wildman–Crippen MR) is 103 cm³/mol. The number of nitrogens with one attached hydrogen (secondary N) is 1. The maximum Gasteiger partial charge on any atom is 0.271 e. The SMILES string of the molecule is O=C(c1ccc2c3c(cccc13)CC2)[C@@H]1CCCN(C(=O)c2cnc[nH]2)C1. The van der Waals surface area contributed by atoms with Crippen LogP contribution in [0.4, 0.5) is 0 Å². The summed E-state index contributed by atoms with van der Waals surface area (Å²) in [6, 6.07) is 10.4. The standard InChI is InChI=1S/C22H21N3O2/c26-21(16-4-2-10-25(12-16)22(27)19-11-23-13-24-19)18-9-8-15-7-6-14-3-1-5-17(18)20(14)15/h1,3,5,8-9,11,13,16H,2,4,6-7,10,12H2,(H,23,24)/t16-/m1/s1. The molecule has 2 heterocycles. The van der Waals surface area contributed by atoms with E-state index in [1.165, 1.54) is 29.0 Å². The number of hydrogen-bond donors (Lipinski definition) is 1. The monoisotopic (exact) mass is 359 g/mol. The maximum absolute atomic E-state index is 13.4. The number of likely N-dealkylation sites (tertiary alicyclic amines) is 1. The fourth-order valence-corrected chi connectivity index (χ4v) is 4.60.